The zero-order valence-electron chi connectivity index (χ0n) is 19.8. The molecule has 2 N–H and O–H groups in total. The number of allylic oxidation sites excluding steroid dienone is 1. The Morgan fingerprint density at radius 2 is 2.06 bits per heavy atom. The fourth-order valence-electron chi connectivity index (χ4n) is 5.44. The topological polar surface area (TPSA) is 97.4 Å². The first-order chi connectivity index (χ1) is 17.0. The standard InChI is InChI=1S/C26H26N6O3/c1-28-11-16(10-27)21-20(34-3)9-18-22-23-19(12-29-18)30(2)25(33)32(23)26(15-35-24(21)22)13-31(14-26)17-7-5-4-6-8-17/h4-12,27-28H,13-15H2,1-3H3/b16-11+,27-10?. The van der Waals surface area contributed by atoms with E-state index in [1.54, 1.807) is 38.2 Å². The van der Waals surface area contributed by atoms with Crippen LogP contribution in [0.1, 0.15) is 5.56 Å². The highest BCUT2D eigenvalue weighted by molar-refractivity contribution is 6.16. The molecule has 178 valence electrons. The summed E-state index contributed by atoms with van der Waals surface area (Å²) in [5, 5.41) is 11.8. The zero-order chi connectivity index (χ0) is 24.3. The Kier molecular flexibility index (Phi) is 4.64. The van der Waals surface area contributed by atoms with Crippen LogP contribution in [0.3, 0.4) is 0 Å². The number of aryl methyl sites for hydroxylation is 1. The minimum atomic E-state index is -0.540. The summed E-state index contributed by atoms with van der Waals surface area (Å²) >= 11 is 0. The van der Waals surface area contributed by atoms with Gasteiger partial charge in [-0.1, -0.05) is 18.2 Å². The van der Waals surface area contributed by atoms with Gasteiger partial charge in [0.05, 0.1) is 40.8 Å². The number of pyridine rings is 1. The lowest BCUT2D eigenvalue weighted by atomic mass is 9.89. The summed E-state index contributed by atoms with van der Waals surface area (Å²) in [6.07, 6.45) is 4.75. The van der Waals surface area contributed by atoms with E-state index >= 15 is 0 Å². The van der Waals surface area contributed by atoms with Crippen molar-refractivity contribution in [1.82, 2.24) is 19.4 Å². The van der Waals surface area contributed by atoms with Gasteiger partial charge in [0.2, 0.25) is 0 Å². The number of fused-ring (bicyclic) bond motifs is 1. The van der Waals surface area contributed by atoms with Gasteiger partial charge in [-0.3, -0.25) is 14.1 Å². The molecule has 6 rings (SSSR count). The third-order valence-electron chi connectivity index (χ3n) is 7.11. The second kappa shape index (κ2) is 7.63. The summed E-state index contributed by atoms with van der Waals surface area (Å²) in [5.74, 6) is 1.14. The number of benzene rings is 2. The van der Waals surface area contributed by atoms with E-state index < -0.39 is 5.54 Å². The van der Waals surface area contributed by atoms with Crippen molar-refractivity contribution in [3.05, 3.63) is 64.8 Å². The van der Waals surface area contributed by atoms with Gasteiger partial charge in [0.15, 0.2) is 0 Å². The number of methoxy groups -OCH3 is 1. The first-order valence-corrected chi connectivity index (χ1v) is 11.5. The molecule has 2 aromatic heterocycles. The fraction of sp³-hybridized carbons (Fsp3) is 0.269. The molecule has 0 aliphatic carbocycles. The van der Waals surface area contributed by atoms with Gasteiger partial charge in [0.25, 0.3) is 0 Å². The predicted molar refractivity (Wildman–Crippen MR) is 137 cm³/mol. The lowest BCUT2D eigenvalue weighted by Crippen LogP contribution is -2.67. The maximum atomic E-state index is 13.6. The number of hydrogen-bond acceptors (Lipinski definition) is 7. The molecule has 0 saturated carbocycles. The molecule has 4 heterocycles. The van der Waals surface area contributed by atoms with E-state index in [1.165, 1.54) is 6.21 Å². The average molecular weight is 471 g/mol. The molecule has 0 bridgehead atoms. The number of ether oxygens (including phenoxy) is 2. The molecule has 0 amide bonds. The lowest BCUT2D eigenvalue weighted by Gasteiger charge is -2.50. The number of nitrogens with zero attached hydrogens (tertiary/aromatic N) is 4. The van der Waals surface area contributed by atoms with Gasteiger partial charge >= 0.3 is 5.69 Å². The SMILES string of the molecule is CN/C=C(\C=N)c1c(OC)cc2ncc3c4c2c1OCC1(CN(c2ccccc2)C1)n4c(=O)n3C. The number of hydrogen-bond donors (Lipinski definition) is 2. The van der Waals surface area contributed by atoms with Crippen molar-refractivity contribution in [1.29, 1.82) is 5.41 Å². The van der Waals surface area contributed by atoms with Crippen LogP contribution < -0.4 is 25.4 Å². The van der Waals surface area contributed by atoms with Crippen LogP contribution in [0.2, 0.25) is 0 Å². The van der Waals surface area contributed by atoms with E-state index in [1.807, 2.05) is 28.8 Å². The molecule has 9 heteroatoms. The second-order valence-corrected chi connectivity index (χ2v) is 9.08. The average Bonchev–Trinajstić information content (AvgIpc) is 3.02. The minimum Gasteiger partial charge on any atom is -0.496 e. The van der Waals surface area contributed by atoms with Crippen LogP contribution in [0.4, 0.5) is 5.69 Å². The highest BCUT2D eigenvalue weighted by Gasteiger charge is 2.50. The van der Waals surface area contributed by atoms with Crippen molar-refractivity contribution in [2.45, 2.75) is 5.54 Å². The molecule has 9 nitrogen and oxygen atoms in total. The lowest BCUT2D eigenvalue weighted by molar-refractivity contribution is 0.119. The van der Waals surface area contributed by atoms with Crippen LogP contribution in [-0.2, 0) is 12.6 Å². The Hall–Kier alpha value is -4.27. The third-order valence-corrected chi connectivity index (χ3v) is 7.11. The quantitative estimate of drug-likeness (QED) is 0.436. The monoisotopic (exact) mass is 470 g/mol. The molecule has 0 radical (unpaired) electrons. The van der Waals surface area contributed by atoms with Crippen LogP contribution in [0.5, 0.6) is 11.5 Å². The molecular weight excluding hydrogens is 444 g/mol. The van der Waals surface area contributed by atoms with Crippen molar-refractivity contribution in [3.63, 3.8) is 0 Å². The Morgan fingerprint density at radius 1 is 1.29 bits per heavy atom. The highest BCUT2D eigenvalue weighted by Crippen LogP contribution is 2.47. The fourth-order valence-corrected chi connectivity index (χ4v) is 5.44. The Labute approximate surface area is 201 Å². The van der Waals surface area contributed by atoms with E-state index in [-0.39, 0.29) is 5.69 Å². The Bertz CT molecular complexity index is 1580. The summed E-state index contributed by atoms with van der Waals surface area (Å²) < 4.78 is 15.9. The van der Waals surface area contributed by atoms with Crippen molar-refractivity contribution >= 4 is 39.4 Å². The van der Waals surface area contributed by atoms with Crippen LogP contribution in [0.25, 0.3) is 27.5 Å². The van der Waals surface area contributed by atoms with E-state index in [4.69, 9.17) is 14.9 Å². The number of aromatic nitrogens is 3. The van der Waals surface area contributed by atoms with Crippen molar-refractivity contribution in [3.8, 4) is 11.5 Å². The van der Waals surface area contributed by atoms with E-state index in [0.29, 0.717) is 47.8 Å². The smallest absolute Gasteiger partial charge is 0.329 e. The minimum absolute atomic E-state index is 0.0890. The Balaban J connectivity index is 1.64. The van der Waals surface area contributed by atoms with Gasteiger partial charge in [-0.15, -0.1) is 0 Å². The summed E-state index contributed by atoms with van der Waals surface area (Å²) in [4.78, 5) is 20.6. The molecule has 1 fully saturated rings. The van der Waals surface area contributed by atoms with Crippen LogP contribution in [0.15, 0.2) is 53.6 Å². The molecule has 35 heavy (non-hydrogen) atoms. The van der Waals surface area contributed by atoms with Gasteiger partial charge in [-0.05, 0) is 12.1 Å². The van der Waals surface area contributed by atoms with Gasteiger partial charge in [-0.25, -0.2) is 4.79 Å². The maximum Gasteiger partial charge on any atom is 0.329 e. The first-order valence-electron chi connectivity index (χ1n) is 11.5. The first kappa shape index (κ1) is 21.3. The number of nitrogens with one attached hydrogen (secondary N) is 2. The van der Waals surface area contributed by atoms with Crippen LogP contribution in [-0.4, -0.2) is 54.2 Å². The number of rotatable bonds is 5. The van der Waals surface area contributed by atoms with E-state index in [2.05, 4.69) is 27.3 Å². The molecule has 4 aromatic rings. The number of anilines is 1. The number of para-hydroxylation sites is 1. The molecule has 2 aliphatic heterocycles. The van der Waals surface area contributed by atoms with Crippen LogP contribution in [0, 0.1) is 5.41 Å². The van der Waals surface area contributed by atoms with Gasteiger partial charge in [0.1, 0.15) is 23.6 Å². The number of imidazole rings is 1. The molecule has 1 saturated heterocycles. The van der Waals surface area contributed by atoms with Gasteiger partial charge in [0, 0.05) is 56.9 Å². The summed E-state index contributed by atoms with van der Waals surface area (Å²) in [6, 6.07) is 12.0. The molecular formula is C26H26N6O3. The molecule has 0 atom stereocenters. The summed E-state index contributed by atoms with van der Waals surface area (Å²) in [5.41, 5.74) is 3.99. The van der Waals surface area contributed by atoms with Gasteiger partial charge < -0.3 is 25.1 Å². The molecule has 2 aliphatic rings. The zero-order valence-corrected chi connectivity index (χ0v) is 19.8. The van der Waals surface area contributed by atoms with E-state index in [0.717, 1.165) is 22.1 Å². The summed E-state index contributed by atoms with van der Waals surface area (Å²) in [7, 11) is 5.16. The Morgan fingerprint density at radius 3 is 2.74 bits per heavy atom. The third kappa shape index (κ3) is 2.84. The van der Waals surface area contributed by atoms with Gasteiger partial charge in [-0.2, -0.15) is 0 Å². The predicted octanol–water partition coefficient (Wildman–Crippen LogP) is 2.71. The second-order valence-electron chi connectivity index (χ2n) is 9.08. The molecule has 0 unspecified atom stereocenters. The molecule has 2 aromatic carbocycles. The largest absolute Gasteiger partial charge is 0.496 e. The maximum absolute atomic E-state index is 13.6. The van der Waals surface area contributed by atoms with Crippen molar-refractivity contribution < 1.29 is 9.47 Å². The normalized spacial score (nSPS) is 16.3. The van der Waals surface area contributed by atoms with E-state index in [9.17, 15) is 4.79 Å². The van der Waals surface area contributed by atoms with Crippen molar-refractivity contribution in [2.24, 2.45) is 7.05 Å². The van der Waals surface area contributed by atoms with Crippen molar-refractivity contribution in [2.75, 3.05) is 38.8 Å². The molecule has 1 spiro atoms. The summed E-state index contributed by atoms with van der Waals surface area (Å²) in [6.45, 7) is 1.60. The highest BCUT2D eigenvalue weighted by atomic mass is 16.5. The van der Waals surface area contributed by atoms with Crippen LogP contribution >= 0.6 is 0 Å².